The highest BCUT2D eigenvalue weighted by atomic mass is 16.1. The lowest BCUT2D eigenvalue weighted by molar-refractivity contribution is 0.576. The van der Waals surface area contributed by atoms with Crippen molar-refractivity contribution in [3.05, 3.63) is 160 Å². The molecule has 2 heterocycles. The van der Waals surface area contributed by atoms with Crippen molar-refractivity contribution in [2.24, 2.45) is 0 Å². The minimum absolute atomic E-state index is 0.0165. The topological polar surface area (TPSA) is 34.4 Å². The van der Waals surface area contributed by atoms with Crippen molar-refractivity contribution in [3.63, 3.8) is 0 Å². The van der Waals surface area contributed by atoms with Gasteiger partial charge in [0.25, 0.3) is 5.56 Å². The van der Waals surface area contributed by atoms with Gasteiger partial charge in [-0.3, -0.25) is 9.20 Å². The molecular formula is C37H26N2O. The Balaban J connectivity index is 1.47. The van der Waals surface area contributed by atoms with Crippen LogP contribution in [-0.4, -0.2) is 9.38 Å². The van der Waals surface area contributed by atoms with Gasteiger partial charge in [-0.1, -0.05) is 128 Å². The molecule has 8 rings (SSSR count). The average Bonchev–Trinajstić information content (AvgIpc) is 3.40. The Bertz CT molecular complexity index is 2140. The third-order valence-corrected chi connectivity index (χ3v) is 8.52. The molecule has 1 unspecified atom stereocenters. The fraction of sp³-hybridized carbons (Fsp3) is 0.0811. The second kappa shape index (κ2) is 8.49. The Kier molecular flexibility index (Phi) is 4.86. The summed E-state index contributed by atoms with van der Waals surface area (Å²) in [7, 11) is 0. The van der Waals surface area contributed by atoms with E-state index in [9.17, 15) is 4.79 Å². The molecule has 0 N–H and O–H groups in total. The predicted molar refractivity (Wildman–Crippen MR) is 164 cm³/mol. The molecule has 190 valence electrons. The number of allylic oxidation sites excluding steroid dienone is 1. The van der Waals surface area contributed by atoms with E-state index in [1.807, 2.05) is 22.6 Å². The average molecular weight is 515 g/mol. The Morgan fingerprint density at radius 3 is 2.05 bits per heavy atom. The van der Waals surface area contributed by atoms with Crippen LogP contribution in [0.2, 0.25) is 0 Å². The summed E-state index contributed by atoms with van der Waals surface area (Å²) in [6, 6.07) is 41.8. The quantitative estimate of drug-likeness (QED) is 0.239. The van der Waals surface area contributed by atoms with Crippen LogP contribution in [0.1, 0.15) is 29.4 Å². The van der Waals surface area contributed by atoms with Crippen LogP contribution >= 0.6 is 0 Å². The summed E-state index contributed by atoms with van der Waals surface area (Å²) in [5.41, 5.74) is 7.98. The lowest BCUT2D eigenvalue weighted by Crippen LogP contribution is -2.28. The lowest BCUT2D eigenvalue weighted by Gasteiger charge is -2.32. The first kappa shape index (κ1) is 22.9. The Labute approximate surface area is 232 Å². The number of hydrogen-bond acceptors (Lipinski definition) is 2. The van der Waals surface area contributed by atoms with Crippen LogP contribution in [-0.2, 0) is 11.8 Å². The van der Waals surface area contributed by atoms with Crippen LogP contribution in [0.3, 0.4) is 0 Å². The van der Waals surface area contributed by atoms with E-state index in [0.717, 1.165) is 67.3 Å². The summed E-state index contributed by atoms with van der Waals surface area (Å²) in [6.07, 6.45) is 3.06. The number of rotatable bonds is 3. The maximum Gasteiger partial charge on any atom is 0.264 e. The van der Waals surface area contributed by atoms with E-state index < -0.39 is 0 Å². The van der Waals surface area contributed by atoms with Gasteiger partial charge in [0.2, 0.25) is 0 Å². The maximum absolute atomic E-state index is 14.4. The van der Waals surface area contributed by atoms with Crippen LogP contribution in [0.4, 0.5) is 0 Å². The summed E-state index contributed by atoms with van der Waals surface area (Å²) in [4.78, 5) is 19.6. The van der Waals surface area contributed by atoms with E-state index in [4.69, 9.17) is 4.98 Å². The summed E-state index contributed by atoms with van der Waals surface area (Å²) in [6.45, 7) is 2.27. The molecule has 1 atom stereocenters. The molecule has 0 aliphatic heterocycles. The molecule has 0 fully saturated rings. The second-order valence-electron chi connectivity index (χ2n) is 11.0. The molecule has 0 radical (unpaired) electrons. The maximum atomic E-state index is 14.4. The Hall–Kier alpha value is -5.02. The predicted octanol–water partition coefficient (Wildman–Crippen LogP) is 8.05. The van der Waals surface area contributed by atoms with Crippen molar-refractivity contribution < 1.29 is 0 Å². The van der Waals surface area contributed by atoms with Gasteiger partial charge in [0.05, 0.1) is 11.4 Å². The molecule has 0 bridgehead atoms. The molecule has 0 saturated carbocycles. The van der Waals surface area contributed by atoms with Gasteiger partial charge in [-0.25, -0.2) is 4.98 Å². The number of aromatic nitrogens is 2. The minimum atomic E-state index is -0.258. The SMILES string of the molecule is CC1(c2ccccc2)C=C(c2ccccc2)c2c(nc3c4cccc5c(-c6ccccc6)ccc(c(=O)n23)c54)C1. The van der Waals surface area contributed by atoms with Crippen LogP contribution < -0.4 is 5.56 Å². The molecule has 40 heavy (non-hydrogen) atoms. The summed E-state index contributed by atoms with van der Waals surface area (Å²) in [5, 5.41) is 3.80. The molecule has 1 aliphatic carbocycles. The Morgan fingerprint density at radius 1 is 0.675 bits per heavy atom. The highest BCUT2D eigenvalue weighted by molar-refractivity contribution is 6.18. The number of pyridine rings is 1. The first-order valence-corrected chi connectivity index (χ1v) is 13.7. The van der Waals surface area contributed by atoms with Gasteiger partial charge in [0, 0.05) is 33.6 Å². The van der Waals surface area contributed by atoms with Crippen LogP contribution in [0.15, 0.2) is 132 Å². The molecule has 3 nitrogen and oxygen atoms in total. The van der Waals surface area contributed by atoms with Gasteiger partial charge in [0.1, 0.15) is 5.65 Å². The fourth-order valence-electron chi connectivity index (χ4n) is 6.63. The Morgan fingerprint density at radius 2 is 1.32 bits per heavy atom. The second-order valence-corrected chi connectivity index (χ2v) is 11.0. The zero-order valence-corrected chi connectivity index (χ0v) is 22.1. The zero-order valence-electron chi connectivity index (χ0n) is 22.1. The van der Waals surface area contributed by atoms with Crippen molar-refractivity contribution in [2.75, 3.05) is 0 Å². The third kappa shape index (κ3) is 3.24. The van der Waals surface area contributed by atoms with Crippen LogP contribution in [0.5, 0.6) is 0 Å². The fourth-order valence-corrected chi connectivity index (χ4v) is 6.63. The molecule has 0 saturated heterocycles. The molecule has 3 heteroatoms. The smallest absolute Gasteiger partial charge is 0.264 e. The van der Waals surface area contributed by atoms with Crippen LogP contribution in [0.25, 0.3) is 43.9 Å². The zero-order chi connectivity index (χ0) is 26.8. The lowest BCUT2D eigenvalue weighted by atomic mass is 9.72. The van der Waals surface area contributed by atoms with Crippen molar-refractivity contribution in [1.82, 2.24) is 9.38 Å². The van der Waals surface area contributed by atoms with Gasteiger partial charge >= 0.3 is 0 Å². The first-order chi connectivity index (χ1) is 19.6. The highest BCUT2D eigenvalue weighted by Crippen LogP contribution is 2.43. The molecule has 0 spiro atoms. The molecule has 0 amide bonds. The molecular weight excluding hydrogens is 488 g/mol. The summed E-state index contributed by atoms with van der Waals surface area (Å²) in [5.74, 6) is 0. The van der Waals surface area contributed by atoms with Gasteiger partial charge in [-0.05, 0) is 33.7 Å². The van der Waals surface area contributed by atoms with E-state index >= 15 is 0 Å². The largest absolute Gasteiger partial charge is 0.268 e. The highest BCUT2D eigenvalue weighted by Gasteiger charge is 2.35. The van der Waals surface area contributed by atoms with E-state index in [2.05, 4.69) is 116 Å². The normalized spacial score (nSPS) is 16.9. The summed E-state index contributed by atoms with van der Waals surface area (Å²) >= 11 is 0. The van der Waals surface area contributed by atoms with Crippen molar-refractivity contribution in [3.8, 4) is 11.1 Å². The molecule has 7 aromatic rings. The summed E-state index contributed by atoms with van der Waals surface area (Å²) < 4.78 is 1.87. The number of imidazole rings is 1. The van der Waals surface area contributed by atoms with E-state index in [1.165, 1.54) is 5.56 Å². The monoisotopic (exact) mass is 514 g/mol. The third-order valence-electron chi connectivity index (χ3n) is 8.52. The standard InChI is InChI=1S/C37H26N2O/c1-37(26-16-9-4-10-17-26)22-31(25-14-7-3-8-15-25)34-32(23-37)38-35-29-19-11-18-28-27(24-12-5-2-6-13-24)20-21-30(33(28)29)36(40)39(34)35/h2-22H,23H2,1H3. The van der Waals surface area contributed by atoms with Gasteiger partial charge < -0.3 is 0 Å². The number of hydrogen-bond donors (Lipinski definition) is 0. The van der Waals surface area contributed by atoms with E-state index in [-0.39, 0.29) is 11.0 Å². The number of fused-ring (bicyclic) bond motifs is 4. The first-order valence-electron chi connectivity index (χ1n) is 13.7. The molecule has 2 aromatic heterocycles. The number of nitrogens with zero attached hydrogens (tertiary/aromatic N) is 2. The number of benzene rings is 5. The van der Waals surface area contributed by atoms with E-state index in [1.54, 1.807) is 0 Å². The minimum Gasteiger partial charge on any atom is -0.268 e. The van der Waals surface area contributed by atoms with Gasteiger partial charge in [0.15, 0.2) is 0 Å². The van der Waals surface area contributed by atoms with Crippen molar-refractivity contribution in [2.45, 2.75) is 18.8 Å². The van der Waals surface area contributed by atoms with Crippen molar-refractivity contribution >= 4 is 32.8 Å². The van der Waals surface area contributed by atoms with Crippen molar-refractivity contribution in [1.29, 1.82) is 0 Å². The molecule has 1 aliphatic rings. The van der Waals surface area contributed by atoms with Gasteiger partial charge in [-0.15, -0.1) is 0 Å². The van der Waals surface area contributed by atoms with E-state index in [0.29, 0.717) is 0 Å². The molecule has 5 aromatic carbocycles. The van der Waals surface area contributed by atoms with Gasteiger partial charge in [-0.2, -0.15) is 0 Å². The van der Waals surface area contributed by atoms with Crippen LogP contribution in [0, 0.1) is 0 Å².